The van der Waals surface area contributed by atoms with Gasteiger partial charge in [0.25, 0.3) is 0 Å². The highest BCUT2D eigenvalue weighted by atomic mass is 35.5. The number of rotatable bonds is 6. The Morgan fingerprint density at radius 3 is 2.83 bits per heavy atom. The van der Waals surface area contributed by atoms with Gasteiger partial charge in [0.15, 0.2) is 5.84 Å². The minimum Gasteiger partial charge on any atom is -0.493 e. The van der Waals surface area contributed by atoms with Crippen molar-refractivity contribution in [3.05, 3.63) is 28.8 Å². The maximum absolute atomic E-state index is 8.59. The number of ether oxygens (including phenoxy) is 1. The van der Waals surface area contributed by atoms with Gasteiger partial charge in [0.2, 0.25) is 0 Å². The highest BCUT2D eigenvalue weighted by Crippen LogP contribution is 2.23. The molecule has 1 rings (SSSR count). The summed E-state index contributed by atoms with van der Waals surface area (Å²) in [6, 6.07) is 5.11. The Bertz CT molecular complexity index is 421. The van der Waals surface area contributed by atoms with Gasteiger partial charge in [-0.25, -0.2) is 0 Å². The molecule has 0 radical (unpaired) electrons. The van der Waals surface area contributed by atoms with Crippen LogP contribution in [0.5, 0.6) is 5.75 Å². The summed E-state index contributed by atoms with van der Waals surface area (Å²) in [7, 11) is 0. The number of nitrogens with two attached hydrogens (primary N) is 1. The van der Waals surface area contributed by atoms with Crippen LogP contribution in [0, 0.1) is 5.92 Å². The van der Waals surface area contributed by atoms with E-state index in [9.17, 15) is 0 Å². The molecule has 3 N–H and O–H groups in total. The fourth-order valence-electron chi connectivity index (χ4n) is 1.66. The van der Waals surface area contributed by atoms with E-state index < -0.39 is 0 Å². The first-order chi connectivity index (χ1) is 8.58. The third-order valence-electron chi connectivity index (χ3n) is 2.64. The molecular formula is C13H19ClN2O2. The third-order valence-corrected chi connectivity index (χ3v) is 2.95. The van der Waals surface area contributed by atoms with E-state index in [-0.39, 0.29) is 5.84 Å². The second kappa shape index (κ2) is 7.11. The van der Waals surface area contributed by atoms with E-state index in [1.54, 1.807) is 18.2 Å². The molecule has 18 heavy (non-hydrogen) atoms. The summed E-state index contributed by atoms with van der Waals surface area (Å²) >= 11 is 6.03. The largest absolute Gasteiger partial charge is 0.493 e. The van der Waals surface area contributed by atoms with E-state index in [2.05, 4.69) is 19.0 Å². The fraction of sp³-hybridized carbons (Fsp3) is 0.462. The SMILES string of the molecule is CCCC(C)COc1ccc(/C(N)=N/O)c(Cl)c1. The van der Waals surface area contributed by atoms with Crippen molar-refractivity contribution >= 4 is 17.4 Å². The van der Waals surface area contributed by atoms with Gasteiger partial charge in [-0.2, -0.15) is 0 Å². The molecule has 0 heterocycles. The first-order valence-corrected chi connectivity index (χ1v) is 6.36. The van der Waals surface area contributed by atoms with Crippen LogP contribution in [-0.4, -0.2) is 17.6 Å². The zero-order valence-corrected chi connectivity index (χ0v) is 11.4. The van der Waals surface area contributed by atoms with Gasteiger partial charge in [-0.3, -0.25) is 0 Å². The van der Waals surface area contributed by atoms with Crippen LogP contribution < -0.4 is 10.5 Å². The van der Waals surface area contributed by atoms with Crippen LogP contribution in [0.15, 0.2) is 23.4 Å². The van der Waals surface area contributed by atoms with E-state index in [1.807, 2.05) is 0 Å². The minimum atomic E-state index is -0.00842. The molecule has 0 bridgehead atoms. The van der Waals surface area contributed by atoms with Crippen molar-refractivity contribution in [2.24, 2.45) is 16.8 Å². The van der Waals surface area contributed by atoms with Crippen molar-refractivity contribution in [3.63, 3.8) is 0 Å². The van der Waals surface area contributed by atoms with Crippen molar-refractivity contribution in [2.45, 2.75) is 26.7 Å². The molecule has 1 aromatic rings. The number of hydrogen-bond acceptors (Lipinski definition) is 3. The summed E-state index contributed by atoms with van der Waals surface area (Å²) in [5, 5.41) is 11.9. The molecule has 1 atom stereocenters. The Morgan fingerprint density at radius 1 is 1.56 bits per heavy atom. The Morgan fingerprint density at radius 2 is 2.28 bits per heavy atom. The second-order valence-corrected chi connectivity index (χ2v) is 4.74. The highest BCUT2D eigenvalue weighted by molar-refractivity contribution is 6.34. The molecule has 4 nitrogen and oxygen atoms in total. The highest BCUT2D eigenvalue weighted by Gasteiger charge is 2.08. The van der Waals surface area contributed by atoms with Crippen LogP contribution in [0.1, 0.15) is 32.3 Å². The third kappa shape index (κ3) is 4.11. The van der Waals surface area contributed by atoms with Gasteiger partial charge in [-0.05, 0) is 30.5 Å². The van der Waals surface area contributed by atoms with Crippen LogP contribution in [0.4, 0.5) is 0 Å². The smallest absolute Gasteiger partial charge is 0.171 e. The molecule has 1 unspecified atom stereocenters. The molecule has 0 aliphatic heterocycles. The quantitative estimate of drug-likeness (QED) is 0.361. The lowest BCUT2D eigenvalue weighted by atomic mass is 10.1. The summed E-state index contributed by atoms with van der Waals surface area (Å²) in [6.45, 7) is 4.96. The molecule has 0 aromatic heterocycles. The van der Waals surface area contributed by atoms with E-state index in [4.69, 9.17) is 27.3 Å². The lowest BCUT2D eigenvalue weighted by Crippen LogP contribution is -2.14. The van der Waals surface area contributed by atoms with Crippen LogP contribution in [0.2, 0.25) is 5.02 Å². The van der Waals surface area contributed by atoms with Gasteiger partial charge in [-0.1, -0.05) is 37.0 Å². The average molecular weight is 271 g/mol. The minimum absolute atomic E-state index is 0.00842. The zero-order valence-electron chi connectivity index (χ0n) is 10.7. The predicted molar refractivity (Wildman–Crippen MR) is 73.5 cm³/mol. The van der Waals surface area contributed by atoms with E-state index in [1.165, 1.54) is 0 Å². The number of oxime groups is 1. The normalized spacial score (nSPS) is 13.4. The number of amidine groups is 1. The molecule has 0 fully saturated rings. The molecule has 0 saturated carbocycles. The molecular weight excluding hydrogens is 252 g/mol. The predicted octanol–water partition coefficient (Wildman–Crippen LogP) is 3.25. The molecule has 100 valence electrons. The number of benzene rings is 1. The number of nitrogens with zero attached hydrogens (tertiary/aromatic N) is 1. The number of hydrogen-bond donors (Lipinski definition) is 2. The summed E-state index contributed by atoms with van der Waals surface area (Å²) in [5.41, 5.74) is 5.98. The summed E-state index contributed by atoms with van der Waals surface area (Å²) in [4.78, 5) is 0. The summed E-state index contributed by atoms with van der Waals surface area (Å²) in [6.07, 6.45) is 2.28. The maximum atomic E-state index is 8.59. The Kier molecular flexibility index (Phi) is 5.78. The van der Waals surface area contributed by atoms with E-state index >= 15 is 0 Å². The Balaban J connectivity index is 2.67. The average Bonchev–Trinajstić information content (AvgIpc) is 2.36. The lowest BCUT2D eigenvalue weighted by molar-refractivity contribution is 0.251. The van der Waals surface area contributed by atoms with Crippen molar-refractivity contribution in [3.8, 4) is 5.75 Å². The van der Waals surface area contributed by atoms with Crippen molar-refractivity contribution in [1.29, 1.82) is 0 Å². The van der Waals surface area contributed by atoms with Crippen molar-refractivity contribution in [2.75, 3.05) is 6.61 Å². The molecule has 0 spiro atoms. The summed E-state index contributed by atoms with van der Waals surface area (Å²) in [5.74, 6) is 1.20. The molecule has 0 aliphatic rings. The second-order valence-electron chi connectivity index (χ2n) is 4.33. The first-order valence-electron chi connectivity index (χ1n) is 5.98. The molecule has 1 aromatic carbocycles. The zero-order chi connectivity index (χ0) is 13.5. The van der Waals surface area contributed by atoms with Crippen molar-refractivity contribution in [1.82, 2.24) is 0 Å². The van der Waals surface area contributed by atoms with Gasteiger partial charge >= 0.3 is 0 Å². The van der Waals surface area contributed by atoms with Gasteiger partial charge in [0.05, 0.1) is 11.6 Å². The van der Waals surface area contributed by atoms with Gasteiger partial charge in [0.1, 0.15) is 5.75 Å². The standard InChI is InChI=1S/C13H19ClN2O2/c1-3-4-9(2)8-18-10-5-6-11(12(14)7-10)13(15)16-17/h5-7,9,17H,3-4,8H2,1-2H3,(H2,15,16). The van der Waals surface area contributed by atoms with Gasteiger partial charge in [0, 0.05) is 5.56 Å². The topological polar surface area (TPSA) is 67.8 Å². The Labute approximate surface area is 112 Å². The van der Waals surface area contributed by atoms with Gasteiger partial charge < -0.3 is 15.7 Å². The lowest BCUT2D eigenvalue weighted by Gasteiger charge is -2.13. The molecule has 5 heteroatoms. The van der Waals surface area contributed by atoms with Crippen molar-refractivity contribution < 1.29 is 9.94 Å². The molecule has 0 amide bonds. The molecule has 0 aliphatic carbocycles. The van der Waals surface area contributed by atoms with Crippen LogP contribution in [0.25, 0.3) is 0 Å². The van der Waals surface area contributed by atoms with E-state index in [0.717, 1.165) is 12.8 Å². The fourth-order valence-corrected chi connectivity index (χ4v) is 1.93. The van der Waals surface area contributed by atoms with Crippen LogP contribution >= 0.6 is 11.6 Å². The number of halogens is 1. The van der Waals surface area contributed by atoms with E-state index in [0.29, 0.717) is 28.9 Å². The summed E-state index contributed by atoms with van der Waals surface area (Å²) < 4.78 is 5.64. The first kappa shape index (κ1) is 14.6. The van der Waals surface area contributed by atoms with Gasteiger partial charge in [-0.15, -0.1) is 0 Å². The molecule has 0 saturated heterocycles. The van der Waals surface area contributed by atoms with Crippen LogP contribution in [-0.2, 0) is 0 Å². The Hall–Kier alpha value is -1.42. The maximum Gasteiger partial charge on any atom is 0.171 e. The van der Waals surface area contributed by atoms with Crippen LogP contribution in [0.3, 0.4) is 0 Å². The monoisotopic (exact) mass is 270 g/mol.